The largest absolute Gasteiger partial charge is 0.494 e. The van der Waals surface area contributed by atoms with E-state index in [0.29, 0.717) is 25.5 Å². The molecule has 0 saturated heterocycles. The smallest absolute Gasteiger partial charge is 0.307 e. The van der Waals surface area contributed by atoms with Crippen LogP contribution in [0, 0.1) is 5.92 Å². The second-order valence-corrected chi connectivity index (χ2v) is 5.41. The zero-order valence-corrected chi connectivity index (χ0v) is 13.4. The van der Waals surface area contributed by atoms with Gasteiger partial charge in [-0.15, -0.1) is 0 Å². The minimum absolute atomic E-state index is 0.154. The Morgan fingerprint density at radius 3 is 2.57 bits per heavy atom. The van der Waals surface area contributed by atoms with Crippen molar-refractivity contribution in [2.45, 2.75) is 40.2 Å². The second-order valence-electron chi connectivity index (χ2n) is 5.41. The van der Waals surface area contributed by atoms with Crippen molar-refractivity contribution in [2.24, 2.45) is 5.92 Å². The number of carbonyl (C=O) groups is 1. The zero-order chi connectivity index (χ0) is 15.5. The molecule has 0 aromatic heterocycles. The SMILES string of the molecule is CCOC(=O)CCNCc1ccc(OCCC(C)C)cc1. The summed E-state index contributed by atoms with van der Waals surface area (Å²) in [6.07, 6.45) is 1.47. The van der Waals surface area contributed by atoms with Crippen LogP contribution < -0.4 is 10.1 Å². The highest BCUT2D eigenvalue weighted by molar-refractivity contribution is 5.69. The van der Waals surface area contributed by atoms with Gasteiger partial charge in [-0.3, -0.25) is 4.79 Å². The lowest BCUT2D eigenvalue weighted by molar-refractivity contribution is -0.142. The number of esters is 1. The number of hydrogen-bond donors (Lipinski definition) is 1. The van der Waals surface area contributed by atoms with Gasteiger partial charge in [0, 0.05) is 13.1 Å². The summed E-state index contributed by atoms with van der Waals surface area (Å²) >= 11 is 0. The monoisotopic (exact) mass is 293 g/mol. The second kappa shape index (κ2) is 10.2. The molecule has 21 heavy (non-hydrogen) atoms. The molecule has 118 valence electrons. The van der Waals surface area contributed by atoms with Gasteiger partial charge in [0.1, 0.15) is 5.75 Å². The van der Waals surface area contributed by atoms with Crippen molar-refractivity contribution < 1.29 is 14.3 Å². The fourth-order valence-electron chi connectivity index (χ4n) is 1.77. The van der Waals surface area contributed by atoms with Crippen molar-refractivity contribution in [1.82, 2.24) is 5.32 Å². The molecule has 1 rings (SSSR count). The van der Waals surface area contributed by atoms with Crippen molar-refractivity contribution in [3.05, 3.63) is 29.8 Å². The van der Waals surface area contributed by atoms with E-state index in [9.17, 15) is 4.79 Å². The molecule has 0 unspecified atom stereocenters. The molecule has 0 radical (unpaired) electrons. The Hall–Kier alpha value is -1.55. The minimum Gasteiger partial charge on any atom is -0.494 e. The maximum atomic E-state index is 11.2. The Morgan fingerprint density at radius 2 is 1.95 bits per heavy atom. The highest BCUT2D eigenvalue weighted by Gasteiger charge is 2.01. The maximum absolute atomic E-state index is 11.2. The molecule has 0 aliphatic rings. The van der Waals surface area contributed by atoms with Gasteiger partial charge in [-0.05, 0) is 37.0 Å². The summed E-state index contributed by atoms with van der Waals surface area (Å²) in [7, 11) is 0. The van der Waals surface area contributed by atoms with E-state index in [2.05, 4.69) is 19.2 Å². The number of carbonyl (C=O) groups excluding carboxylic acids is 1. The zero-order valence-electron chi connectivity index (χ0n) is 13.4. The Morgan fingerprint density at radius 1 is 1.24 bits per heavy atom. The molecule has 4 heteroatoms. The van der Waals surface area contributed by atoms with Crippen molar-refractivity contribution in [3.63, 3.8) is 0 Å². The van der Waals surface area contributed by atoms with Crippen LogP contribution in [0.2, 0.25) is 0 Å². The van der Waals surface area contributed by atoms with Crippen LogP contribution in [0.3, 0.4) is 0 Å². The molecule has 1 N–H and O–H groups in total. The quantitative estimate of drug-likeness (QED) is 0.532. The van der Waals surface area contributed by atoms with Gasteiger partial charge in [0.05, 0.1) is 19.6 Å². The van der Waals surface area contributed by atoms with Crippen LogP contribution in [0.1, 0.15) is 39.2 Å². The predicted octanol–water partition coefficient (Wildman–Crippen LogP) is 3.15. The van der Waals surface area contributed by atoms with Gasteiger partial charge >= 0.3 is 5.97 Å². The highest BCUT2D eigenvalue weighted by atomic mass is 16.5. The summed E-state index contributed by atoms with van der Waals surface area (Å²) in [5, 5.41) is 3.23. The molecule has 1 aromatic carbocycles. The molecule has 0 spiro atoms. The lowest BCUT2D eigenvalue weighted by atomic mass is 10.1. The third kappa shape index (κ3) is 8.35. The first-order valence-corrected chi connectivity index (χ1v) is 7.70. The van der Waals surface area contributed by atoms with Crippen molar-refractivity contribution in [1.29, 1.82) is 0 Å². The van der Waals surface area contributed by atoms with E-state index in [4.69, 9.17) is 9.47 Å². The summed E-state index contributed by atoms with van der Waals surface area (Å²) in [5.41, 5.74) is 1.18. The van der Waals surface area contributed by atoms with E-state index < -0.39 is 0 Å². The molecule has 0 bridgehead atoms. The third-order valence-electron chi connectivity index (χ3n) is 3.03. The van der Waals surface area contributed by atoms with Gasteiger partial charge < -0.3 is 14.8 Å². The average molecular weight is 293 g/mol. The number of benzene rings is 1. The number of rotatable bonds is 10. The lowest BCUT2D eigenvalue weighted by Gasteiger charge is -2.09. The molecular weight excluding hydrogens is 266 g/mol. The van der Waals surface area contributed by atoms with Crippen LogP contribution in [0.5, 0.6) is 5.75 Å². The molecule has 0 atom stereocenters. The molecule has 0 aliphatic carbocycles. The molecular formula is C17H27NO3. The Labute approximate surface area is 127 Å². The minimum atomic E-state index is -0.154. The van der Waals surface area contributed by atoms with Crippen molar-refractivity contribution in [2.75, 3.05) is 19.8 Å². The van der Waals surface area contributed by atoms with E-state index in [-0.39, 0.29) is 5.97 Å². The lowest BCUT2D eigenvalue weighted by Crippen LogP contribution is -2.19. The molecule has 4 nitrogen and oxygen atoms in total. The van der Waals surface area contributed by atoms with E-state index in [1.54, 1.807) is 0 Å². The predicted molar refractivity (Wildman–Crippen MR) is 84.3 cm³/mol. The van der Waals surface area contributed by atoms with Crippen LogP contribution in [-0.2, 0) is 16.1 Å². The number of ether oxygens (including phenoxy) is 2. The van der Waals surface area contributed by atoms with E-state index in [1.165, 1.54) is 5.56 Å². The normalized spacial score (nSPS) is 10.7. The molecule has 0 heterocycles. The molecule has 0 saturated carbocycles. The first-order valence-electron chi connectivity index (χ1n) is 7.70. The first kappa shape index (κ1) is 17.5. The standard InChI is InChI=1S/C17H27NO3/c1-4-20-17(19)9-11-18-13-15-5-7-16(8-6-15)21-12-10-14(2)3/h5-8,14,18H,4,9-13H2,1-3H3. The molecule has 0 aliphatic heterocycles. The van der Waals surface area contributed by atoms with Crippen LogP contribution >= 0.6 is 0 Å². The Kier molecular flexibility index (Phi) is 8.51. The summed E-state index contributed by atoms with van der Waals surface area (Å²) in [5.74, 6) is 1.41. The summed E-state index contributed by atoms with van der Waals surface area (Å²) in [6, 6.07) is 8.06. The summed E-state index contributed by atoms with van der Waals surface area (Å²) < 4.78 is 10.5. The Bertz CT molecular complexity index is 401. The third-order valence-corrected chi connectivity index (χ3v) is 3.03. The highest BCUT2D eigenvalue weighted by Crippen LogP contribution is 2.13. The molecule has 1 aromatic rings. The van der Waals surface area contributed by atoms with Gasteiger partial charge in [-0.1, -0.05) is 26.0 Å². The molecule has 0 fully saturated rings. The van der Waals surface area contributed by atoms with Gasteiger partial charge in [0.15, 0.2) is 0 Å². The first-order chi connectivity index (χ1) is 10.1. The van der Waals surface area contributed by atoms with Crippen molar-refractivity contribution >= 4 is 5.97 Å². The van der Waals surface area contributed by atoms with E-state index in [0.717, 1.165) is 25.3 Å². The maximum Gasteiger partial charge on any atom is 0.307 e. The summed E-state index contributed by atoms with van der Waals surface area (Å²) in [4.78, 5) is 11.2. The van der Waals surface area contributed by atoms with Gasteiger partial charge in [-0.25, -0.2) is 0 Å². The van der Waals surface area contributed by atoms with E-state index >= 15 is 0 Å². The number of nitrogens with one attached hydrogen (secondary N) is 1. The fourth-order valence-corrected chi connectivity index (χ4v) is 1.77. The van der Waals surface area contributed by atoms with Crippen molar-refractivity contribution in [3.8, 4) is 5.75 Å². The van der Waals surface area contributed by atoms with Gasteiger partial charge in [0.25, 0.3) is 0 Å². The van der Waals surface area contributed by atoms with Crippen LogP contribution in [0.15, 0.2) is 24.3 Å². The van der Waals surface area contributed by atoms with Crippen LogP contribution in [-0.4, -0.2) is 25.7 Å². The van der Waals surface area contributed by atoms with Crippen LogP contribution in [0.25, 0.3) is 0 Å². The van der Waals surface area contributed by atoms with Gasteiger partial charge in [0.2, 0.25) is 0 Å². The van der Waals surface area contributed by atoms with Crippen LogP contribution in [0.4, 0.5) is 0 Å². The molecule has 0 amide bonds. The van der Waals surface area contributed by atoms with Gasteiger partial charge in [-0.2, -0.15) is 0 Å². The fraction of sp³-hybridized carbons (Fsp3) is 0.588. The Balaban J connectivity index is 2.20. The topological polar surface area (TPSA) is 47.6 Å². The number of hydrogen-bond acceptors (Lipinski definition) is 4. The van der Waals surface area contributed by atoms with E-state index in [1.807, 2.05) is 31.2 Å². The summed E-state index contributed by atoms with van der Waals surface area (Å²) in [6.45, 7) is 8.77. The average Bonchev–Trinajstić information content (AvgIpc) is 2.45.